The van der Waals surface area contributed by atoms with Gasteiger partial charge in [-0.25, -0.2) is 0 Å². The summed E-state index contributed by atoms with van der Waals surface area (Å²) in [6.45, 7) is 2.71. The van der Waals surface area contributed by atoms with E-state index in [2.05, 4.69) is 12.2 Å². The van der Waals surface area contributed by atoms with Gasteiger partial charge in [-0.15, -0.1) is 0 Å². The summed E-state index contributed by atoms with van der Waals surface area (Å²) in [7, 11) is 1.53. The highest BCUT2D eigenvalue weighted by atomic mass is 16.4. The lowest BCUT2D eigenvalue weighted by Crippen LogP contribution is -2.49. The molecule has 5 heteroatoms. The standard InChI is InChI=1S/C10H18N2O3/c1-7-3-4-11-8(5-7)10(15)12(2)6-9(13)14/h7-8,11H,3-6H2,1-2H3,(H,13,14). The van der Waals surface area contributed by atoms with E-state index in [1.54, 1.807) is 0 Å². The summed E-state index contributed by atoms with van der Waals surface area (Å²) in [4.78, 5) is 23.5. The number of amides is 1. The Morgan fingerprint density at radius 1 is 1.53 bits per heavy atom. The van der Waals surface area contributed by atoms with Gasteiger partial charge < -0.3 is 15.3 Å². The molecule has 0 aromatic heterocycles. The second kappa shape index (κ2) is 5.11. The average Bonchev–Trinajstić information content (AvgIpc) is 2.15. The van der Waals surface area contributed by atoms with E-state index in [1.165, 1.54) is 11.9 Å². The summed E-state index contributed by atoms with van der Waals surface area (Å²) in [6, 6.07) is -0.210. The van der Waals surface area contributed by atoms with E-state index in [-0.39, 0.29) is 18.5 Å². The first kappa shape index (κ1) is 12.0. The third-order valence-corrected chi connectivity index (χ3v) is 2.71. The Morgan fingerprint density at radius 3 is 2.73 bits per heavy atom. The minimum atomic E-state index is -0.977. The van der Waals surface area contributed by atoms with Gasteiger partial charge in [0, 0.05) is 7.05 Å². The summed E-state index contributed by atoms with van der Waals surface area (Å²) in [6.07, 6.45) is 1.87. The second-order valence-electron chi connectivity index (χ2n) is 4.22. The van der Waals surface area contributed by atoms with Crippen LogP contribution in [0.2, 0.25) is 0 Å². The molecular formula is C10H18N2O3. The van der Waals surface area contributed by atoms with Gasteiger partial charge in [0.2, 0.25) is 5.91 Å². The van der Waals surface area contributed by atoms with Gasteiger partial charge in [0.25, 0.3) is 0 Å². The molecule has 0 radical (unpaired) electrons. The molecule has 1 heterocycles. The predicted molar refractivity (Wildman–Crippen MR) is 55.5 cm³/mol. The molecule has 2 N–H and O–H groups in total. The Labute approximate surface area is 89.4 Å². The van der Waals surface area contributed by atoms with Gasteiger partial charge in [-0.2, -0.15) is 0 Å². The number of rotatable bonds is 3. The molecule has 2 atom stereocenters. The van der Waals surface area contributed by atoms with Gasteiger partial charge in [-0.3, -0.25) is 9.59 Å². The maximum Gasteiger partial charge on any atom is 0.323 e. The van der Waals surface area contributed by atoms with E-state index in [0.29, 0.717) is 5.92 Å². The largest absolute Gasteiger partial charge is 0.480 e. The minimum Gasteiger partial charge on any atom is -0.480 e. The van der Waals surface area contributed by atoms with E-state index < -0.39 is 5.97 Å². The molecule has 1 aliphatic heterocycles. The first-order valence-electron chi connectivity index (χ1n) is 5.21. The van der Waals surface area contributed by atoms with Crippen molar-refractivity contribution in [3.05, 3.63) is 0 Å². The number of aliphatic carboxylic acids is 1. The van der Waals surface area contributed by atoms with Crippen LogP contribution in [0.25, 0.3) is 0 Å². The van der Waals surface area contributed by atoms with Crippen LogP contribution in [0, 0.1) is 5.92 Å². The van der Waals surface area contributed by atoms with Crippen molar-refractivity contribution >= 4 is 11.9 Å². The van der Waals surface area contributed by atoms with Gasteiger partial charge in [-0.1, -0.05) is 6.92 Å². The lowest BCUT2D eigenvalue weighted by molar-refractivity contribution is -0.144. The van der Waals surface area contributed by atoms with Crippen LogP contribution >= 0.6 is 0 Å². The third kappa shape index (κ3) is 3.51. The Bertz CT molecular complexity index is 255. The number of likely N-dealkylation sites (N-methyl/N-ethyl adjacent to an activating group) is 1. The van der Waals surface area contributed by atoms with Gasteiger partial charge in [0.05, 0.1) is 6.04 Å². The number of nitrogens with one attached hydrogen (secondary N) is 1. The van der Waals surface area contributed by atoms with Gasteiger partial charge in [-0.05, 0) is 25.3 Å². The van der Waals surface area contributed by atoms with Crippen LogP contribution in [0.1, 0.15) is 19.8 Å². The van der Waals surface area contributed by atoms with E-state index in [4.69, 9.17) is 5.11 Å². The summed E-state index contributed by atoms with van der Waals surface area (Å²) in [5, 5.41) is 11.7. The van der Waals surface area contributed by atoms with Crippen molar-refractivity contribution in [3.8, 4) is 0 Å². The molecule has 15 heavy (non-hydrogen) atoms. The van der Waals surface area contributed by atoms with Crippen LogP contribution in [0.5, 0.6) is 0 Å². The number of nitrogens with zero attached hydrogens (tertiary/aromatic N) is 1. The Balaban J connectivity index is 2.47. The number of hydrogen-bond acceptors (Lipinski definition) is 3. The molecule has 1 aliphatic rings. The molecule has 1 amide bonds. The molecule has 0 saturated carbocycles. The first-order valence-corrected chi connectivity index (χ1v) is 5.21. The van der Waals surface area contributed by atoms with Gasteiger partial charge in [0.15, 0.2) is 0 Å². The third-order valence-electron chi connectivity index (χ3n) is 2.71. The zero-order chi connectivity index (χ0) is 11.4. The SMILES string of the molecule is CC1CCNC(C(=O)N(C)CC(=O)O)C1. The molecular weight excluding hydrogens is 196 g/mol. The highest BCUT2D eigenvalue weighted by Gasteiger charge is 2.27. The normalized spacial score (nSPS) is 26.0. The van der Waals surface area contributed by atoms with Crippen LogP contribution < -0.4 is 5.32 Å². The number of carbonyl (C=O) groups excluding carboxylic acids is 1. The Kier molecular flexibility index (Phi) is 4.08. The summed E-state index contributed by atoms with van der Waals surface area (Å²) in [5.74, 6) is -0.572. The second-order valence-corrected chi connectivity index (χ2v) is 4.22. The van der Waals surface area contributed by atoms with Crippen molar-refractivity contribution in [2.45, 2.75) is 25.8 Å². The summed E-state index contributed by atoms with van der Waals surface area (Å²) < 4.78 is 0. The molecule has 1 rings (SSSR count). The van der Waals surface area contributed by atoms with Crippen LogP contribution in [0.15, 0.2) is 0 Å². The number of carbonyl (C=O) groups is 2. The molecule has 0 aromatic carbocycles. The fourth-order valence-corrected chi connectivity index (χ4v) is 1.84. The van der Waals surface area contributed by atoms with Crippen LogP contribution in [0.3, 0.4) is 0 Å². The van der Waals surface area contributed by atoms with Crippen molar-refractivity contribution in [2.75, 3.05) is 20.1 Å². The quantitative estimate of drug-likeness (QED) is 0.689. The van der Waals surface area contributed by atoms with E-state index in [0.717, 1.165) is 19.4 Å². The maximum absolute atomic E-state index is 11.8. The Hall–Kier alpha value is -1.10. The molecule has 0 bridgehead atoms. The van der Waals surface area contributed by atoms with Crippen molar-refractivity contribution in [1.82, 2.24) is 10.2 Å². The highest BCUT2D eigenvalue weighted by molar-refractivity contribution is 5.85. The molecule has 0 aromatic rings. The van der Waals surface area contributed by atoms with E-state index in [9.17, 15) is 9.59 Å². The topological polar surface area (TPSA) is 69.6 Å². The number of piperidine rings is 1. The van der Waals surface area contributed by atoms with Crippen molar-refractivity contribution in [1.29, 1.82) is 0 Å². The first-order chi connectivity index (χ1) is 7.00. The van der Waals surface area contributed by atoms with E-state index in [1.807, 2.05) is 0 Å². The van der Waals surface area contributed by atoms with Crippen LogP contribution in [-0.4, -0.2) is 48.1 Å². The smallest absolute Gasteiger partial charge is 0.323 e. The molecule has 0 aliphatic carbocycles. The zero-order valence-corrected chi connectivity index (χ0v) is 9.19. The lowest BCUT2D eigenvalue weighted by Gasteiger charge is -2.29. The maximum atomic E-state index is 11.8. The molecule has 2 unspecified atom stereocenters. The molecule has 86 valence electrons. The van der Waals surface area contributed by atoms with Crippen molar-refractivity contribution in [3.63, 3.8) is 0 Å². The van der Waals surface area contributed by atoms with Crippen molar-refractivity contribution < 1.29 is 14.7 Å². The predicted octanol–water partition coefficient (Wildman–Crippen LogP) is -0.0825. The van der Waals surface area contributed by atoms with Crippen LogP contribution in [-0.2, 0) is 9.59 Å². The number of carboxylic acid groups (broad SMARTS) is 1. The molecule has 1 saturated heterocycles. The van der Waals surface area contributed by atoms with Crippen LogP contribution in [0.4, 0.5) is 0 Å². The molecule has 1 fully saturated rings. The summed E-state index contributed by atoms with van der Waals surface area (Å²) >= 11 is 0. The van der Waals surface area contributed by atoms with Gasteiger partial charge >= 0.3 is 5.97 Å². The number of carboxylic acids is 1. The molecule has 5 nitrogen and oxygen atoms in total. The summed E-state index contributed by atoms with van der Waals surface area (Å²) in [5.41, 5.74) is 0. The Morgan fingerprint density at radius 2 is 2.20 bits per heavy atom. The fourth-order valence-electron chi connectivity index (χ4n) is 1.84. The number of hydrogen-bond donors (Lipinski definition) is 2. The zero-order valence-electron chi connectivity index (χ0n) is 9.19. The van der Waals surface area contributed by atoms with Gasteiger partial charge in [0.1, 0.15) is 6.54 Å². The van der Waals surface area contributed by atoms with Crippen molar-refractivity contribution in [2.24, 2.45) is 5.92 Å². The molecule has 0 spiro atoms. The lowest BCUT2D eigenvalue weighted by atomic mass is 9.93. The minimum absolute atomic E-state index is 0.121. The highest BCUT2D eigenvalue weighted by Crippen LogP contribution is 2.16. The van der Waals surface area contributed by atoms with E-state index >= 15 is 0 Å². The average molecular weight is 214 g/mol. The monoisotopic (exact) mass is 214 g/mol. The fraction of sp³-hybridized carbons (Fsp3) is 0.800.